The first kappa shape index (κ1) is 16.2. The standard InChI is InChI=1S/C13H17Cl2NO3/c1-18-5-3-16(4-6-19-2)13(17)10-7-11(14)9-12(15)8-10/h7-9H,3-6H2,1-2H3. The van der Waals surface area contributed by atoms with E-state index in [0.717, 1.165) is 0 Å². The summed E-state index contributed by atoms with van der Waals surface area (Å²) in [5, 5.41) is 0.878. The van der Waals surface area contributed by atoms with Crippen LogP contribution in [0.3, 0.4) is 0 Å². The van der Waals surface area contributed by atoms with E-state index in [-0.39, 0.29) is 5.91 Å². The number of rotatable bonds is 7. The molecule has 0 heterocycles. The van der Waals surface area contributed by atoms with Crippen molar-refractivity contribution in [2.75, 3.05) is 40.5 Å². The van der Waals surface area contributed by atoms with Gasteiger partial charge in [-0.1, -0.05) is 23.2 Å². The van der Waals surface area contributed by atoms with E-state index in [1.807, 2.05) is 0 Å². The number of hydrogen-bond acceptors (Lipinski definition) is 3. The van der Waals surface area contributed by atoms with Gasteiger partial charge in [0.1, 0.15) is 0 Å². The molecule has 0 radical (unpaired) electrons. The zero-order chi connectivity index (χ0) is 14.3. The van der Waals surface area contributed by atoms with Gasteiger partial charge in [-0.2, -0.15) is 0 Å². The number of nitrogens with zero attached hydrogens (tertiary/aromatic N) is 1. The molecule has 0 fully saturated rings. The quantitative estimate of drug-likeness (QED) is 0.777. The van der Waals surface area contributed by atoms with E-state index in [2.05, 4.69) is 0 Å². The highest BCUT2D eigenvalue weighted by atomic mass is 35.5. The monoisotopic (exact) mass is 305 g/mol. The first-order valence-corrected chi connectivity index (χ1v) is 6.57. The van der Waals surface area contributed by atoms with Crippen LogP contribution in [0, 0.1) is 0 Å². The highest BCUT2D eigenvalue weighted by Crippen LogP contribution is 2.20. The summed E-state index contributed by atoms with van der Waals surface area (Å²) < 4.78 is 10.00. The second-order valence-corrected chi connectivity index (χ2v) is 4.81. The third-order valence-electron chi connectivity index (χ3n) is 2.53. The molecule has 1 aromatic carbocycles. The number of carbonyl (C=O) groups excluding carboxylic acids is 1. The fourth-order valence-corrected chi connectivity index (χ4v) is 2.10. The Morgan fingerprint density at radius 1 is 1.05 bits per heavy atom. The maximum absolute atomic E-state index is 12.4. The molecule has 6 heteroatoms. The van der Waals surface area contributed by atoms with Crippen LogP contribution in [0.15, 0.2) is 18.2 Å². The Labute approximate surface area is 123 Å². The van der Waals surface area contributed by atoms with Crippen molar-refractivity contribution in [3.05, 3.63) is 33.8 Å². The molecule has 0 aliphatic rings. The fourth-order valence-electron chi connectivity index (χ4n) is 1.58. The molecule has 0 atom stereocenters. The first-order chi connectivity index (χ1) is 9.08. The Bertz CT molecular complexity index is 398. The highest BCUT2D eigenvalue weighted by Gasteiger charge is 2.16. The zero-order valence-corrected chi connectivity index (χ0v) is 12.5. The van der Waals surface area contributed by atoms with Gasteiger partial charge in [-0.15, -0.1) is 0 Å². The molecular weight excluding hydrogens is 289 g/mol. The minimum absolute atomic E-state index is 0.140. The van der Waals surface area contributed by atoms with Crippen molar-refractivity contribution in [1.29, 1.82) is 0 Å². The molecule has 1 aromatic rings. The molecule has 106 valence electrons. The Morgan fingerprint density at radius 3 is 1.95 bits per heavy atom. The van der Waals surface area contributed by atoms with Crippen LogP contribution in [0.5, 0.6) is 0 Å². The van der Waals surface area contributed by atoms with Crippen molar-refractivity contribution in [3.63, 3.8) is 0 Å². The molecular formula is C13H17Cl2NO3. The molecule has 0 N–H and O–H groups in total. The molecule has 0 saturated carbocycles. The fraction of sp³-hybridized carbons (Fsp3) is 0.462. The summed E-state index contributed by atoms with van der Waals surface area (Å²) in [6, 6.07) is 4.79. The summed E-state index contributed by atoms with van der Waals surface area (Å²) in [6.45, 7) is 1.90. The van der Waals surface area contributed by atoms with Crippen LogP contribution in [0.1, 0.15) is 10.4 Å². The number of carbonyl (C=O) groups is 1. The summed E-state index contributed by atoms with van der Waals surface area (Å²) in [5.41, 5.74) is 0.463. The summed E-state index contributed by atoms with van der Waals surface area (Å²) in [7, 11) is 3.18. The van der Waals surface area contributed by atoms with Gasteiger partial charge in [-0.25, -0.2) is 0 Å². The Hall–Kier alpha value is -0.810. The van der Waals surface area contributed by atoms with Gasteiger partial charge in [0.2, 0.25) is 0 Å². The minimum atomic E-state index is -0.140. The Morgan fingerprint density at radius 2 is 1.53 bits per heavy atom. The molecule has 0 bridgehead atoms. The van der Waals surface area contributed by atoms with E-state index in [9.17, 15) is 4.79 Å². The second-order valence-electron chi connectivity index (χ2n) is 3.94. The Kier molecular flexibility index (Phi) is 7.16. The molecule has 0 saturated heterocycles. The number of benzene rings is 1. The van der Waals surface area contributed by atoms with Crippen molar-refractivity contribution in [1.82, 2.24) is 4.90 Å². The maximum Gasteiger partial charge on any atom is 0.254 e. The molecule has 1 amide bonds. The van der Waals surface area contributed by atoms with E-state index >= 15 is 0 Å². The van der Waals surface area contributed by atoms with Gasteiger partial charge in [0.05, 0.1) is 13.2 Å². The molecule has 0 aromatic heterocycles. The maximum atomic E-state index is 12.4. The molecule has 0 aliphatic carbocycles. The highest BCUT2D eigenvalue weighted by molar-refractivity contribution is 6.35. The van der Waals surface area contributed by atoms with Crippen LogP contribution in [0.25, 0.3) is 0 Å². The molecule has 19 heavy (non-hydrogen) atoms. The minimum Gasteiger partial charge on any atom is -0.383 e. The molecule has 1 rings (SSSR count). The summed E-state index contributed by atoms with van der Waals surface area (Å²) >= 11 is 11.8. The predicted octanol–water partition coefficient (Wildman–Crippen LogP) is 2.73. The third-order valence-corrected chi connectivity index (χ3v) is 2.96. The van der Waals surface area contributed by atoms with Crippen LogP contribution in [-0.4, -0.2) is 51.3 Å². The smallest absolute Gasteiger partial charge is 0.254 e. The number of amides is 1. The lowest BCUT2D eigenvalue weighted by atomic mass is 10.2. The van der Waals surface area contributed by atoms with Crippen LogP contribution in [-0.2, 0) is 9.47 Å². The van der Waals surface area contributed by atoms with Gasteiger partial charge < -0.3 is 14.4 Å². The number of methoxy groups -OCH3 is 2. The van der Waals surface area contributed by atoms with Crippen molar-refractivity contribution in [2.24, 2.45) is 0 Å². The van der Waals surface area contributed by atoms with Gasteiger partial charge in [-0.3, -0.25) is 4.79 Å². The zero-order valence-electron chi connectivity index (χ0n) is 11.0. The van der Waals surface area contributed by atoms with Gasteiger partial charge in [0.25, 0.3) is 5.91 Å². The molecule has 0 spiro atoms. The van der Waals surface area contributed by atoms with E-state index in [0.29, 0.717) is 41.9 Å². The normalized spacial score (nSPS) is 10.5. The topological polar surface area (TPSA) is 38.8 Å². The van der Waals surface area contributed by atoms with Gasteiger partial charge >= 0.3 is 0 Å². The molecule has 0 aliphatic heterocycles. The van der Waals surface area contributed by atoms with Crippen LogP contribution < -0.4 is 0 Å². The van der Waals surface area contributed by atoms with Crippen molar-refractivity contribution < 1.29 is 14.3 Å². The average Bonchev–Trinajstić information content (AvgIpc) is 2.37. The SMILES string of the molecule is COCCN(CCOC)C(=O)c1cc(Cl)cc(Cl)c1. The molecule has 0 unspecified atom stereocenters. The van der Waals surface area contributed by atoms with E-state index < -0.39 is 0 Å². The van der Waals surface area contributed by atoms with Crippen molar-refractivity contribution in [2.45, 2.75) is 0 Å². The van der Waals surface area contributed by atoms with E-state index in [1.165, 1.54) is 0 Å². The third kappa shape index (κ3) is 5.37. The second kappa shape index (κ2) is 8.38. The summed E-state index contributed by atoms with van der Waals surface area (Å²) in [5.74, 6) is -0.140. The Balaban J connectivity index is 2.84. The summed E-state index contributed by atoms with van der Waals surface area (Å²) in [6.07, 6.45) is 0. The van der Waals surface area contributed by atoms with E-state index in [4.69, 9.17) is 32.7 Å². The number of ether oxygens (including phenoxy) is 2. The lowest BCUT2D eigenvalue weighted by Gasteiger charge is -2.22. The number of hydrogen-bond donors (Lipinski definition) is 0. The lowest BCUT2D eigenvalue weighted by molar-refractivity contribution is 0.0627. The van der Waals surface area contributed by atoms with Crippen molar-refractivity contribution >= 4 is 29.1 Å². The average molecular weight is 306 g/mol. The van der Waals surface area contributed by atoms with Gasteiger partial charge in [-0.05, 0) is 18.2 Å². The van der Waals surface area contributed by atoms with Crippen LogP contribution in [0.4, 0.5) is 0 Å². The molecule has 4 nitrogen and oxygen atoms in total. The van der Waals surface area contributed by atoms with Gasteiger partial charge in [0.15, 0.2) is 0 Å². The largest absolute Gasteiger partial charge is 0.383 e. The van der Waals surface area contributed by atoms with Crippen molar-refractivity contribution in [3.8, 4) is 0 Å². The number of halogens is 2. The van der Waals surface area contributed by atoms with Gasteiger partial charge in [0, 0.05) is 42.9 Å². The lowest BCUT2D eigenvalue weighted by Crippen LogP contribution is -2.36. The van der Waals surface area contributed by atoms with Crippen LogP contribution in [0.2, 0.25) is 10.0 Å². The first-order valence-electron chi connectivity index (χ1n) is 5.81. The van der Waals surface area contributed by atoms with Crippen LogP contribution >= 0.6 is 23.2 Å². The van der Waals surface area contributed by atoms with E-state index in [1.54, 1.807) is 37.3 Å². The summed E-state index contributed by atoms with van der Waals surface area (Å²) in [4.78, 5) is 14.0. The predicted molar refractivity (Wildman–Crippen MR) is 76.1 cm³/mol.